The standard InChI is InChI=1S/C8H14N2O2S/c9-7(13)3-4-10-8(11)6-2-1-5-12-6/h6H,1-5H2,(H2,9,13)(H,10,11). The number of carbonyl (C=O) groups is 1. The fourth-order valence-corrected chi connectivity index (χ4v) is 1.31. The number of amides is 1. The zero-order chi connectivity index (χ0) is 9.68. The van der Waals surface area contributed by atoms with Crippen LogP contribution in [0.15, 0.2) is 0 Å². The Kier molecular flexibility index (Phi) is 4.11. The quantitative estimate of drug-likeness (QED) is 0.628. The minimum absolute atomic E-state index is 0.0475. The van der Waals surface area contributed by atoms with Crippen LogP contribution in [0.3, 0.4) is 0 Å². The Balaban J connectivity index is 2.13. The molecular formula is C8H14N2O2S. The van der Waals surface area contributed by atoms with E-state index < -0.39 is 0 Å². The van der Waals surface area contributed by atoms with Crippen LogP contribution >= 0.6 is 12.2 Å². The van der Waals surface area contributed by atoms with E-state index in [4.69, 9.17) is 10.5 Å². The SMILES string of the molecule is NC(=S)CCNC(=O)C1CCCO1. The molecule has 1 aliphatic heterocycles. The minimum atomic E-state index is -0.258. The van der Waals surface area contributed by atoms with Crippen molar-refractivity contribution in [3.8, 4) is 0 Å². The summed E-state index contributed by atoms with van der Waals surface area (Å²) in [6.07, 6.45) is 2.08. The van der Waals surface area contributed by atoms with Crippen LogP contribution in [0, 0.1) is 0 Å². The van der Waals surface area contributed by atoms with Gasteiger partial charge in [0, 0.05) is 19.6 Å². The molecule has 0 aromatic heterocycles. The van der Waals surface area contributed by atoms with Gasteiger partial charge in [0.05, 0.1) is 4.99 Å². The summed E-state index contributed by atoms with van der Waals surface area (Å²) in [6.45, 7) is 1.20. The topological polar surface area (TPSA) is 64.3 Å². The van der Waals surface area contributed by atoms with Gasteiger partial charge >= 0.3 is 0 Å². The number of ether oxygens (including phenoxy) is 1. The molecule has 1 aliphatic rings. The lowest BCUT2D eigenvalue weighted by Gasteiger charge is -2.09. The third-order valence-corrected chi connectivity index (χ3v) is 2.10. The molecule has 0 aliphatic carbocycles. The maximum absolute atomic E-state index is 11.3. The molecule has 0 radical (unpaired) electrons. The summed E-state index contributed by atoms with van der Waals surface area (Å²) in [5, 5.41) is 2.72. The minimum Gasteiger partial charge on any atom is -0.393 e. The Morgan fingerprint density at radius 1 is 1.69 bits per heavy atom. The highest BCUT2D eigenvalue weighted by molar-refractivity contribution is 7.80. The van der Waals surface area contributed by atoms with Crippen molar-refractivity contribution in [1.82, 2.24) is 5.32 Å². The van der Waals surface area contributed by atoms with Gasteiger partial charge in [-0.05, 0) is 12.8 Å². The molecule has 13 heavy (non-hydrogen) atoms. The summed E-state index contributed by atoms with van der Waals surface area (Å²) in [5.41, 5.74) is 5.28. The molecule has 1 atom stereocenters. The molecule has 1 amide bonds. The predicted molar refractivity (Wildman–Crippen MR) is 53.4 cm³/mol. The number of rotatable bonds is 4. The Morgan fingerprint density at radius 2 is 2.46 bits per heavy atom. The van der Waals surface area contributed by atoms with E-state index in [0.29, 0.717) is 24.6 Å². The molecule has 0 aromatic rings. The van der Waals surface area contributed by atoms with Gasteiger partial charge in [-0.15, -0.1) is 0 Å². The number of carbonyl (C=O) groups excluding carboxylic acids is 1. The average Bonchev–Trinajstić information content (AvgIpc) is 2.55. The van der Waals surface area contributed by atoms with Crippen LogP contribution in [-0.2, 0) is 9.53 Å². The van der Waals surface area contributed by atoms with Crippen molar-refractivity contribution in [1.29, 1.82) is 0 Å². The number of hydrogen-bond acceptors (Lipinski definition) is 3. The third-order valence-electron chi connectivity index (χ3n) is 1.89. The van der Waals surface area contributed by atoms with E-state index in [1.807, 2.05) is 0 Å². The molecule has 74 valence electrons. The van der Waals surface area contributed by atoms with Crippen LogP contribution in [0.2, 0.25) is 0 Å². The highest BCUT2D eigenvalue weighted by atomic mass is 32.1. The zero-order valence-electron chi connectivity index (χ0n) is 7.41. The lowest BCUT2D eigenvalue weighted by atomic mass is 10.2. The Morgan fingerprint density at radius 3 is 3.00 bits per heavy atom. The fourth-order valence-electron chi connectivity index (χ4n) is 1.21. The maximum atomic E-state index is 11.3. The van der Waals surface area contributed by atoms with Crippen LogP contribution in [-0.4, -0.2) is 30.2 Å². The highest BCUT2D eigenvalue weighted by Crippen LogP contribution is 2.11. The van der Waals surface area contributed by atoms with Crippen molar-refractivity contribution >= 4 is 23.1 Å². The molecule has 0 bridgehead atoms. The Hall–Kier alpha value is -0.680. The van der Waals surface area contributed by atoms with Crippen LogP contribution < -0.4 is 11.1 Å². The van der Waals surface area contributed by atoms with Crippen LogP contribution in [0.4, 0.5) is 0 Å². The second-order valence-electron chi connectivity index (χ2n) is 3.01. The van der Waals surface area contributed by atoms with E-state index in [2.05, 4.69) is 17.5 Å². The molecule has 1 unspecified atom stereocenters. The van der Waals surface area contributed by atoms with Gasteiger partial charge in [-0.25, -0.2) is 0 Å². The first-order chi connectivity index (χ1) is 6.20. The first-order valence-corrected chi connectivity index (χ1v) is 4.78. The van der Waals surface area contributed by atoms with Gasteiger partial charge in [0.1, 0.15) is 6.10 Å². The van der Waals surface area contributed by atoms with Crippen molar-refractivity contribution < 1.29 is 9.53 Å². The van der Waals surface area contributed by atoms with Crippen molar-refractivity contribution in [2.24, 2.45) is 5.73 Å². The summed E-state index contributed by atoms with van der Waals surface area (Å²) in [4.78, 5) is 11.7. The van der Waals surface area contributed by atoms with E-state index in [1.165, 1.54) is 0 Å². The second-order valence-corrected chi connectivity index (χ2v) is 3.53. The maximum Gasteiger partial charge on any atom is 0.249 e. The summed E-state index contributed by atoms with van der Waals surface area (Å²) in [5.74, 6) is -0.0475. The molecule has 0 saturated carbocycles. The van der Waals surface area contributed by atoms with E-state index in [-0.39, 0.29) is 12.0 Å². The highest BCUT2D eigenvalue weighted by Gasteiger charge is 2.22. The first-order valence-electron chi connectivity index (χ1n) is 4.38. The predicted octanol–water partition coefficient (Wildman–Crippen LogP) is -0.0422. The summed E-state index contributed by atoms with van der Waals surface area (Å²) in [7, 11) is 0. The number of nitrogens with one attached hydrogen (secondary N) is 1. The molecule has 0 spiro atoms. The number of thiocarbonyl (C=S) groups is 1. The van der Waals surface area contributed by atoms with Crippen molar-refractivity contribution in [3.63, 3.8) is 0 Å². The largest absolute Gasteiger partial charge is 0.393 e. The van der Waals surface area contributed by atoms with E-state index in [0.717, 1.165) is 12.8 Å². The number of hydrogen-bond donors (Lipinski definition) is 2. The van der Waals surface area contributed by atoms with E-state index >= 15 is 0 Å². The molecule has 1 saturated heterocycles. The lowest BCUT2D eigenvalue weighted by Crippen LogP contribution is -2.35. The molecule has 4 nitrogen and oxygen atoms in total. The molecule has 0 aromatic carbocycles. The normalized spacial score (nSPS) is 21.4. The summed E-state index contributed by atoms with van der Waals surface area (Å²) >= 11 is 4.68. The monoisotopic (exact) mass is 202 g/mol. The van der Waals surface area contributed by atoms with Gasteiger partial charge in [0.2, 0.25) is 5.91 Å². The average molecular weight is 202 g/mol. The second kappa shape index (κ2) is 5.14. The van der Waals surface area contributed by atoms with Crippen LogP contribution in [0.25, 0.3) is 0 Å². The smallest absolute Gasteiger partial charge is 0.249 e. The van der Waals surface area contributed by atoms with Crippen molar-refractivity contribution in [3.05, 3.63) is 0 Å². The van der Waals surface area contributed by atoms with Gasteiger partial charge in [-0.3, -0.25) is 4.79 Å². The van der Waals surface area contributed by atoms with E-state index in [9.17, 15) is 4.79 Å². The molecule has 1 heterocycles. The molecule has 1 fully saturated rings. The van der Waals surface area contributed by atoms with Crippen LogP contribution in [0.1, 0.15) is 19.3 Å². The Bertz CT molecular complexity index is 202. The van der Waals surface area contributed by atoms with Gasteiger partial charge in [-0.2, -0.15) is 0 Å². The van der Waals surface area contributed by atoms with Crippen molar-refractivity contribution in [2.45, 2.75) is 25.4 Å². The third kappa shape index (κ3) is 3.69. The lowest BCUT2D eigenvalue weighted by molar-refractivity contribution is -0.129. The number of nitrogens with two attached hydrogens (primary N) is 1. The molecular weight excluding hydrogens is 188 g/mol. The first kappa shape index (κ1) is 10.4. The Labute approximate surface area is 82.8 Å². The molecule has 1 rings (SSSR count). The fraction of sp³-hybridized carbons (Fsp3) is 0.750. The van der Waals surface area contributed by atoms with Gasteiger partial charge < -0.3 is 15.8 Å². The van der Waals surface area contributed by atoms with Gasteiger partial charge in [-0.1, -0.05) is 12.2 Å². The molecule has 3 N–H and O–H groups in total. The van der Waals surface area contributed by atoms with Crippen molar-refractivity contribution in [2.75, 3.05) is 13.2 Å². The van der Waals surface area contributed by atoms with Gasteiger partial charge in [0.25, 0.3) is 0 Å². The summed E-state index contributed by atoms with van der Waals surface area (Å²) in [6, 6.07) is 0. The van der Waals surface area contributed by atoms with Crippen LogP contribution in [0.5, 0.6) is 0 Å². The zero-order valence-corrected chi connectivity index (χ0v) is 8.23. The summed E-state index contributed by atoms with van der Waals surface area (Å²) < 4.78 is 5.20. The molecule has 5 heteroatoms. The van der Waals surface area contributed by atoms with Gasteiger partial charge in [0.15, 0.2) is 0 Å². The van der Waals surface area contributed by atoms with E-state index in [1.54, 1.807) is 0 Å².